The third-order valence-corrected chi connectivity index (χ3v) is 5.29. The quantitative estimate of drug-likeness (QED) is 0.715. The van der Waals surface area contributed by atoms with E-state index >= 15 is 0 Å². The van der Waals surface area contributed by atoms with E-state index in [1.807, 2.05) is 12.1 Å². The van der Waals surface area contributed by atoms with E-state index in [1.165, 1.54) is 12.1 Å². The van der Waals surface area contributed by atoms with E-state index in [9.17, 15) is 18.4 Å². The summed E-state index contributed by atoms with van der Waals surface area (Å²) in [6.07, 6.45) is 0. The van der Waals surface area contributed by atoms with Gasteiger partial charge in [-0.25, -0.2) is 8.78 Å². The molecule has 2 amide bonds. The first kappa shape index (κ1) is 16.6. The first-order chi connectivity index (χ1) is 13.5. The minimum absolute atomic E-state index is 0.149. The van der Waals surface area contributed by atoms with Crippen molar-refractivity contribution in [1.82, 2.24) is 10.6 Å². The molecule has 2 aliphatic heterocycles. The second-order valence-corrected chi connectivity index (χ2v) is 6.88. The van der Waals surface area contributed by atoms with E-state index in [4.69, 9.17) is 0 Å². The molecule has 2 N–H and O–H groups in total. The summed E-state index contributed by atoms with van der Waals surface area (Å²) in [6.45, 7) is 0.767. The Bertz CT molecular complexity index is 1190. The molecule has 0 saturated carbocycles. The zero-order valence-electron chi connectivity index (χ0n) is 14.6. The largest absolute Gasteiger partial charge is 0.348 e. The third kappa shape index (κ3) is 2.41. The van der Waals surface area contributed by atoms with Crippen molar-refractivity contribution >= 4 is 11.8 Å². The van der Waals surface area contributed by atoms with Crippen LogP contribution in [0.2, 0.25) is 0 Å². The Morgan fingerprint density at radius 3 is 2.21 bits per heavy atom. The molecule has 0 aromatic heterocycles. The van der Waals surface area contributed by atoms with Crippen LogP contribution in [0.4, 0.5) is 8.78 Å². The van der Waals surface area contributed by atoms with Crippen LogP contribution in [0.15, 0.2) is 48.5 Å². The SMILES string of the molecule is O=C1NCc2cc(-c3cccc4c3CNC4=O)c(-c3ccc(F)cc3F)cc21. The zero-order chi connectivity index (χ0) is 19.4. The third-order valence-electron chi connectivity index (χ3n) is 5.29. The maximum Gasteiger partial charge on any atom is 0.251 e. The van der Waals surface area contributed by atoms with Crippen LogP contribution in [0.25, 0.3) is 22.3 Å². The van der Waals surface area contributed by atoms with Gasteiger partial charge in [-0.3, -0.25) is 9.59 Å². The summed E-state index contributed by atoms with van der Waals surface area (Å²) in [6, 6.07) is 12.3. The van der Waals surface area contributed by atoms with E-state index in [1.54, 1.807) is 18.2 Å². The average molecular weight is 376 g/mol. The van der Waals surface area contributed by atoms with Crippen molar-refractivity contribution in [3.05, 3.63) is 82.4 Å². The minimum Gasteiger partial charge on any atom is -0.348 e. The van der Waals surface area contributed by atoms with Crippen molar-refractivity contribution in [3.63, 3.8) is 0 Å². The van der Waals surface area contributed by atoms with Crippen molar-refractivity contribution < 1.29 is 18.4 Å². The van der Waals surface area contributed by atoms with E-state index in [0.717, 1.165) is 22.8 Å². The molecule has 0 spiro atoms. The smallest absolute Gasteiger partial charge is 0.251 e. The summed E-state index contributed by atoms with van der Waals surface area (Å²) in [5.41, 5.74) is 4.87. The number of nitrogens with one attached hydrogen (secondary N) is 2. The maximum absolute atomic E-state index is 14.6. The molecule has 0 unspecified atom stereocenters. The van der Waals surface area contributed by atoms with Crippen LogP contribution in [0.5, 0.6) is 0 Å². The fourth-order valence-electron chi connectivity index (χ4n) is 3.93. The number of benzene rings is 3. The molecule has 0 bridgehead atoms. The summed E-state index contributed by atoms with van der Waals surface area (Å²) in [7, 11) is 0. The molecule has 2 heterocycles. The highest BCUT2D eigenvalue weighted by molar-refractivity contribution is 6.04. The minimum atomic E-state index is -0.707. The molecule has 6 heteroatoms. The fourth-order valence-corrected chi connectivity index (χ4v) is 3.93. The van der Waals surface area contributed by atoms with Crippen LogP contribution in [-0.2, 0) is 13.1 Å². The highest BCUT2D eigenvalue weighted by Crippen LogP contribution is 2.40. The Kier molecular flexibility index (Phi) is 3.55. The highest BCUT2D eigenvalue weighted by Gasteiger charge is 2.27. The van der Waals surface area contributed by atoms with Crippen LogP contribution in [-0.4, -0.2) is 11.8 Å². The predicted octanol–water partition coefficient (Wildman–Crippen LogP) is 3.79. The number of halogens is 2. The molecule has 3 aromatic rings. The lowest BCUT2D eigenvalue weighted by atomic mass is 9.87. The Hall–Kier alpha value is -3.54. The summed E-state index contributed by atoms with van der Waals surface area (Å²) in [5.74, 6) is -1.75. The van der Waals surface area contributed by atoms with Crippen LogP contribution in [0, 0.1) is 11.6 Å². The van der Waals surface area contributed by atoms with Crippen LogP contribution in [0.1, 0.15) is 31.8 Å². The molecule has 0 fully saturated rings. The maximum atomic E-state index is 14.6. The van der Waals surface area contributed by atoms with Gasteiger partial charge in [-0.1, -0.05) is 12.1 Å². The normalized spacial score (nSPS) is 14.5. The van der Waals surface area contributed by atoms with E-state index in [-0.39, 0.29) is 17.4 Å². The molecule has 0 radical (unpaired) electrons. The molecule has 5 rings (SSSR count). The Morgan fingerprint density at radius 2 is 1.39 bits per heavy atom. The van der Waals surface area contributed by atoms with Gasteiger partial charge in [0.25, 0.3) is 11.8 Å². The van der Waals surface area contributed by atoms with Gasteiger partial charge in [0.05, 0.1) is 0 Å². The van der Waals surface area contributed by atoms with Gasteiger partial charge in [0.2, 0.25) is 0 Å². The lowest BCUT2D eigenvalue weighted by molar-refractivity contribution is 0.0957. The monoisotopic (exact) mass is 376 g/mol. The standard InChI is InChI=1S/C22H14F2N2O2/c23-12-4-5-14(20(24)7-12)18-8-16-11(9-25-22(16)28)6-17(18)13-2-1-3-15-19(13)10-26-21(15)27/h1-8H,9-10H2,(H,25,28)(H,26,27). The van der Waals surface area contributed by atoms with Crippen LogP contribution in [0.3, 0.4) is 0 Å². The van der Waals surface area contributed by atoms with Crippen molar-refractivity contribution in [1.29, 1.82) is 0 Å². The van der Waals surface area contributed by atoms with Crippen molar-refractivity contribution in [2.45, 2.75) is 13.1 Å². The van der Waals surface area contributed by atoms with Crippen molar-refractivity contribution in [3.8, 4) is 22.3 Å². The van der Waals surface area contributed by atoms with Crippen LogP contribution >= 0.6 is 0 Å². The number of carbonyl (C=O) groups excluding carboxylic acids is 2. The number of hydrogen-bond acceptors (Lipinski definition) is 2. The lowest BCUT2D eigenvalue weighted by Gasteiger charge is -2.15. The number of carbonyl (C=O) groups is 2. The second kappa shape index (κ2) is 5.99. The number of hydrogen-bond donors (Lipinski definition) is 2. The molecular weight excluding hydrogens is 362 g/mol. The first-order valence-corrected chi connectivity index (χ1v) is 8.84. The molecule has 0 aliphatic carbocycles. The van der Waals surface area contributed by atoms with Gasteiger partial charge in [0, 0.05) is 35.8 Å². The van der Waals surface area contributed by atoms with Gasteiger partial charge in [-0.05, 0) is 58.1 Å². The van der Waals surface area contributed by atoms with E-state index in [0.29, 0.717) is 35.3 Å². The van der Waals surface area contributed by atoms with Gasteiger partial charge < -0.3 is 10.6 Å². The highest BCUT2D eigenvalue weighted by atomic mass is 19.1. The summed E-state index contributed by atoms with van der Waals surface area (Å²) >= 11 is 0. The van der Waals surface area contributed by atoms with Crippen molar-refractivity contribution in [2.24, 2.45) is 0 Å². The van der Waals surface area contributed by atoms with Gasteiger partial charge in [-0.15, -0.1) is 0 Å². The zero-order valence-corrected chi connectivity index (χ0v) is 14.6. The number of amides is 2. The summed E-state index contributed by atoms with van der Waals surface area (Å²) in [4.78, 5) is 24.2. The average Bonchev–Trinajstić information content (AvgIpc) is 3.24. The number of fused-ring (bicyclic) bond motifs is 2. The summed E-state index contributed by atoms with van der Waals surface area (Å²) in [5, 5.41) is 5.57. The summed E-state index contributed by atoms with van der Waals surface area (Å²) < 4.78 is 28.1. The first-order valence-electron chi connectivity index (χ1n) is 8.84. The fraction of sp³-hybridized carbons (Fsp3) is 0.0909. The van der Waals surface area contributed by atoms with Gasteiger partial charge in [-0.2, -0.15) is 0 Å². The Labute approximate surface area is 159 Å². The molecular formula is C22H14F2N2O2. The van der Waals surface area contributed by atoms with Gasteiger partial charge in [0.15, 0.2) is 0 Å². The van der Waals surface area contributed by atoms with Crippen molar-refractivity contribution in [2.75, 3.05) is 0 Å². The topological polar surface area (TPSA) is 58.2 Å². The van der Waals surface area contributed by atoms with E-state index < -0.39 is 11.6 Å². The molecule has 0 atom stereocenters. The molecule has 0 saturated heterocycles. The lowest BCUT2D eigenvalue weighted by Crippen LogP contribution is -2.12. The predicted molar refractivity (Wildman–Crippen MR) is 99.6 cm³/mol. The Morgan fingerprint density at radius 1 is 0.679 bits per heavy atom. The second-order valence-electron chi connectivity index (χ2n) is 6.88. The molecule has 28 heavy (non-hydrogen) atoms. The molecule has 3 aromatic carbocycles. The molecule has 138 valence electrons. The van der Waals surface area contributed by atoms with E-state index in [2.05, 4.69) is 10.6 Å². The molecule has 4 nitrogen and oxygen atoms in total. The Balaban J connectivity index is 1.81. The van der Waals surface area contributed by atoms with Crippen LogP contribution < -0.4 is 10.6 Å². The van der Waals surface area contributed by atoms with Gasteiger partial charge >= 0.3 is 0 Å². The van der Waals surface area contributed by atoms with Gasteiger partial charge in [0.1, 0.15) is 11.6 Å². The number of rotatable bonds is 2. The molecule has 2 aliphatic rings.